The van der Waals surface area contributed by atoms with Crippen molar-refractivity contribution in [2.75, 3.05) is 18.9 Å². The van der Waals surface area contributed by atoms with E-state index in [0.717, 1.165) is 31.4 Å². The molecule has 0 atom stereocenters. The Labute approximate surface area is 116 Å². The fourth-order valence-electron chi connectivity index (χ4n) is 2.29. The molecule has 2 rings (SSSR count). The quantitative estimate of drug-likeness (QED) is 0.812. The molecule has 0 spiro atoms. The van der Waals surface area contributed by atoms with E-state index in [9.17, 15) is 13.6 Å². The Morgan fingerprint density at radius 2 is 2.00 bits per heavy atom. The summed E-state index contributed by atoms with van der Waals surface area (Å²) in [5, 5.41) is 8.90. The number of hydrogen-bond donors (Lipinski definition) is 2. The molecular formula is C14H18F2N2O2. The van der Waals surface area contributed by atoms with Crippen molar-refractivity contribution in [3.63, 3.8) is 0 Å². The molecular weight excluding hydrogens is 266 g/mol. The van der Waals surface area contributed by atoms with Crippen LogP contribution in [-0.4, -0.2) is 35.1 Å². The number of rotatable bonds is 5. The molecule has 0 aromatic heterocycles. The van der Waals surface area contributed by atoms with Crippen molar-refractivity contribution in [1.82, 2.24) is 4.90 Å². The molecule has 1 aromatic rings. The number of nitrogens with zero attached hydrogens (tertiary/aromatic N) is 1. The van der Waals surface area contributed by atoms with Gasteiger partial charge in [-0.05, 0) is 31.7 Å². The average Bonchev–Trinajstić information content (AvgIpc) is 2.35. The molecule has 1 aliphatic carbocycles. The highest BCUT2D eigenvalue weighted by Gasteiger charge is 2.30. The summed E-state index contributed by atoms with van der Waals surface area (Å²) in [5.41, 5.74) is 5.53. The van der Waals surface area contributed by atoms with Crippen LogP contribution in [0, 0.1) is 11.6 Å². The number of anilines is 1. The largest absolute Gasteiger partial charge is 0.398 e. The Kier molecular flexibility index (Phi) is 4.54. The maximum atomic E-state index is 13.3. The van der Waals surface area contributed by atoms with Crippen molar-refractivity contribution >= 4 is 11.6 Å². The lowest BCUT2D eigenvalue weighted by molar-refractivity contribution is 0.0563. The van der Waals surface area contributed by atoms with E-state index < -0.39 is 17.5 Å². The summed E-state index contributed by atoms with van der Waals surface area (Å²) in [6, 6.07) is 1.77. The lowest BCUT2D eigenvalue weighted by atomic mass is 9.90. The van der Waals surface area contributed by atoms with E-state index in [2.05, 4.69) is 0 Å². The van der Waals surface area contributed by atoms with Crippen molar-refractivity contribution in [1.29, 1.82) is 0 Å². The highest BCUT2D eigenvalue weighted by molar-refractivity contribution is 5.99. The van der Waals surface area contributed by atoms with Gasteiger partial charge in [-0.1, -0.05) is 0 Å². The number of benzene rings is 1. The van der Waals surface area contributed by atoms with Crippen LogP contribution in [0.4, 0.5) is 14.5 Å². The first-order valence-corrected chi connectivity index (χ1v) is 6.71. The summed E-state index contributed by atoms with van der Waals surface area (Å²) in [5.74, 6) is -2.55. The predicted molar refractivity (Wildman–Crippen MR) is 71.1 cm³/mol. The van der Waals surface area contributed by atoms with Crippen LogP contribution in [0.2, 0.25) is 0 Å². The predicted octanol–water partition coefficient (Wildman–Crippen LogP) is 1.92. The number of halogens is 2. The standard InChI is InChI=1S/C14H18F2N2O2/c15-11-7-10(13(17)8-12(11)16)14(20)18(5-2-6-19)9-3-1-4-9/h7-9,19H,1-6,17H2. The van der Waals surface area contributed by atoms with Crippen LogP contribution in [0.25, 0.3) is 0 Å². The van der Waals surface area contributed by atoms with Crippen molar-refractivity contribution in [2.45, 2.75) is 31.7 Å². The molecule has 0 bridgehead atoms. The van der Waals surface area contributed by atoms with E-state index in [4.69, 9.17) is 10.8 Å². The number of hydrogen-bond acceptors (Lipinski definition) is 3. The number of aliphatic hydroxyl groups excluding tert-OH is 1. The minimum absolute atomic E-state index is 0.0197. The summed E-state index contributed by atoms with van der Waals surface area (Å²) >= 11 is 0. The lowest BCUT2D eigenvalue weighted by Crippen LogP contribution is -2.45. The minimum atomic E-state index is -1.08. The van der Waals surface area contributed by atoms with Crippen LogP contribution in [0.1, 0.15) is 36.0 Å². The van der Waals surface area contributed by atoms with Crippen LogP contribution >= 0.6 is 0 Å². The van der Waals surface area contributed by atoms with E-state index >= 15 is 0 Å². The minimum Gasteiger partial charge on any atom is -0.398 e. The lowest BCUT2D eigenvalue weighted by Gasteiger charge is -2.37. The molecule has 0 unspecified atom stereocenters. The van der Waals surface area contributed by atoms with Gasteiger partial charge in [0, 0.05) is 30.9 Å². The summed E-state index contributed by atoms with van der Waals surface area (Å²) in [6.07, 6.45) is 3.27. The molecule has 4 nitrogen and oxygen atoms in total. The first-order chi connectivity index (χ1) is 9.54. The Balaban J connectivity index is 2.24. The fraction of sp³-hybridized carbons (Fsp3) is 0.500. The molecule has 1 amide bonds. The molecule has 1 fully saturated rings. The van der Waals surface area contributed by atoms with Crippen molar-refractivity contribution in [3.8, 4) is 0 Å². The van der Waals surface area contributed by atoms with Gasteiger partial charge in [-0.25, -0.2) is 8.78 Å². The molecule has 0 aliphatic heterocycles. The Bertz CT molecular complexity index is 504. The van der Waals surface area contributed by atoms with Crippen molar-refractivity contribution in [2.24, 2.45) is 0 Å². The van der Waals surface area contributed by atoms with Gasteiger partial charge in [-0.3, -0.25) is 4.79 Å². The van der Waals surface area contributed by atoms with Gasteiger partial charge in [0.15, 0.2) is 11.6 Å². The summed E-state index contributed by atoms with van der Waals surface area (Å²) in [4.78, 5) is 14.0. The van der Waals surface area contributed by atoms with Crippen LogP contribution in [0.15, 0.2) is 12.1 Å². The molecule has 1 saturated carbocycles. The zero-order chi connectivity index (χ0) is 14.7. The molecule has 0 saturated heterocycles. The molecule has 6 heteroatoms. The first kappa shape index (κ1) is 14.7. The highest BCUT2D eigenvalue weighted by atomic mass is 19.2. The second-order valence-electron chi connectivity index (χ2n) is 5.01. The summed E-state index contributed by atoms with van der Waals surface area (Å²) in [7, 11) is 0. The topological polar surface area (TPSA) is 66.6 Å². The SMILES string of the molecule is Nc1cc(F)c(F)cc1C(=O)N(CCCO)C1CCC1. The van der Waals surface area contributed by atoms with Gasteiger partial charge >= 0.3 is 0 Å². The molecule has 110 valence electrons. The average molecular weight is 284 g/mol. The Morgan fingerprint density at radius 3 is 2.55 bits per heavy atom. The number of nitrogens with two attached hydrogens (primary N) is 1. The maximum Gasteiger partial charge on any atom is 0.256 e. The van der Waals surface area contributed by atoms with Gasteiger partial charge in [0.05, 0.1) is 5.56 Å². The van der Waals surface area contributed by atoms with E-state index in [0.29, 0.717) is 13.0 Å². The van der Waals surface area contributed by atoms with Crippen molar-refractivity contribution < 1.29 is 18.7 Å². The zero-order valence-electron chi connectivity index (χ0n) is 11.1. The van der Waals surface area contributed by atoms with Gasteiger partial charge in [-0.15, -0.1) is 0 Å². The van der Waals surface area contributed by atoms with Gasteiger partial charge < -0.3 is 15.7 Å². The Morgan fingerprint density at radius 1 is 1.35 bits per heavy atom. The van der Waals surface area contributed by atoms with E-state index in [1.807, 2.05) is 0 Å². The van der Waals surface area contributed by atoms with Crippen LogP contribution in [-0.2, 0) is 0 Å². The number of aliphatic hydroxyl groups is 1. The number of carbonyl (C=O) groups is 1. The van der Waals surface area contributed by atoms with Crippen LogP contribution in [0.5, 0.6) is 0 Å². The van der Waals surface area contributed by atoms with Gasteiger partial charge in [0.2, 0.25) is 0 Å². The fourth-order valence-corrected chi connectivity index (χ4v) is 2.29. The maximum absolute atomic E-state index is 13.3. The summed E-state index contributed by atoms with van der Waals surface area (Å²) < 4.78 is 26.3. The second kappa shape index (κ2) is 6.17. The zero-order valence-corrected chi connectivity index (χ0v) is 11.1. The summed E-state index contributed by atoms with van der Waals surface area (Å²) in [6.45, 7) is 0.363. The van der Waals surface area contributed by atoms with Gasteiger partial charge in [0.25, 0.3) is 5.91 Å². The van der Waals surface area contributed by atoms with E-state index in [1.54, 1.807) is 4.90 Å². The number of carbonyl (C=O) groups excluding carboxylic acids is 1. The monoisotopic (exact) mass is 284 g/mol. The van der Waals surface area contributed by atoms with Crippen LogP contribution in [0.3, 0.4) is 0 Å². The smallest absolute Gasteiger partial charge is 0.256 e. The number of nitrogen functional groups attached to an aromatic ring is 1. The third kappa shape index (κ3) is 2.90. The van der Waals surface area contributed by atoms with Gasteiger partial charge in [-0.2, -0.15) is 0 Å². The normalized spacial score (nSPS) is 14.9. The van der Waals surface area contributed by atoms with E-state index in [-0.39, 0.29) is 23.9 Å². The molecule has 1 aliphatic rings. The molecule has 0 heterocycles. The molecule has 3 N–H and O–H groups in total. The second-order valence-corrected chi connectivity index (χ2v) is 5.01. The third-order valence-corrected chi connectivity index (χ3v) is 3.66. The Hall–Kier alpha value is -1.69. The molecule has 0 radical (unpaired) electrons. The van der Waals surface area contributed by atoms with Gasteiger partial charge in [0.1, 0.15) is 0 Å². The first-order valence-electron chi connectivity index (χ1n) is 6.71. The van der Waals surface area contributed by atoms with Crippen molar-refractivity contribution in [3.05, 3.63) is 29.3 Å². The third-order valence-electron chi connectivity index (χ3n) is 3.66. The highest BCUT2D eigenvalue weighted by Crippen LogP contribution is 2.28. The van der Waals surface area contributed by atoms with Crippen LogP contribution < -0.4 is 5.73 Å². The van der Waals surface area contributed by atoms with E-state index in [1.165, 1.54) is 0 Å². The number of amides is 1. The molecule has 20 heavy (non-hydrogen) atoms. The molecule has 1 aromatic carbocycles.